The average Bonchev–Trinajstić information content (AvgIpc) is 2.53. The summed E-state index contributed by atoms with van der Waals surface area (Å²) in [5.41, 5.74) is 0. The van der Waals surface area contributed by atoms with Crippen LogP contribution in [-0.2, 0) is 9.53 Å². The second kappa shape index (κ2) is 18.4. The van der Waals surface area contributed by atoms with Crippen molar-refractivity contribution in [3.63, 3.8) is 0 Å². The smallest absolute Gasteiger partial charge is 0.329 e. The molecule has 0 atom stereocenters. The molecular formula is C20H32O3. The molecule has 23 heavy (non-hydrogen) atoms. The van der Waals surface area contributed by atoms with Crippen molar-refractivity contribution < 1.29 is 14.6 Å². The molecular weight excluding hydrogens is 288 g/mol. The number of allylic oxidation sites excluding steroid dienone is 8. The maximum atomic E-state index is 10.2. The molecule has 0 saturated carbocycles. The van der Waals surface area contributed by atoms with Crippen LogP contribution in [0.1, 0.15) is 58.3 Å². The zero-order valence-corrected chi connectivity index (χ0v) is 14.5. The number of carboxylic acid groups (broad SMARTS) is 1. The average molecular weight is 320 g/mol. The summed E-state index contributed by atoms with van der Waals surface area (Å²) in [4.78, 5) is 10.2. The van der Waals surface area contributed by atoms with Gasteiger partial charge in [-0.15, -0.1) is 0 Å². The molecule has 0 amide bonds. The van der Waals surface area contributed by atoms with Gasteiger partial charge in [0.25, 0.3) is 0 Å². The molecule has 0 bridgehead atoms. The van der Waals surface area contributed by atoms with E-state index in [0.29, 0.717) is 6.61 Å². The van der Waals surface area contributed by atoms with Crippen molar-refractivity contribution in [2.24, 2.45) is 0 Å². The predicted molar refractivity (Wildman–Crippen MR) is 97.6 cm³/mol. The van der Waals surface area contributed by atoms with Crippen molar-refractivity contribution >= 4 is 5.97 Å². The Balaban J connectivity index is 3.32. The number of aliphatic carboxylic acids is 1. The Hall–Kier alpha value is -1.61. The molecule has 3 heteroatoms. The number of rotatable bonds is 15. The summed E-state index contributed by atoms with van der Waals surface area (Å²) in [6.07, 6.45) is 26.0. The van der Waals surface area contributed by atoms with E-state index in [0.717, 1.165) is 51.4 Å². The van der Waals surface area contributed by atoms with Gasteiger partial charge < -0.3 is 9.84 Å². The van der Waals surface area contributed by atoms with Gasteiger partial charge in [-0.1, -0.05) is 62.0 Å². The predicted octanol–water partition coefficient (Wildman–Crippen LogP) is 5.45. The highest BCUT2D eigenvalue weighted by Gasteiger charge is 1.95. The number of ether oxygens (including phenoxy) is 1. The number of hydrogen-bond acceptors (Lipinski definition) is 2. The molecule has 130 valence electrons. The van der Waals surface area contributed by atoms with Crippen LogP contribution in [0.2, 0.25) is 0 Å². The van der Waals surface area contributed by atoms with Crippen LogP contribution in [0.4, 0.5) is 0 Å². The number of hydrogen-bond donors (Lipinski definition) is 1. The van der Waals surface area contributed by atoms with Gasteiger partial charge in [-0.3, -0.25) is 0 Å². The van der Waals surface area contributed by atoms with Crippen molar-refractivity contribution in [3.05, 3.63) is 48.6 Å². The van der Waals surface area contributed by atoms with E-state index in [2.05, 4.69) is 55.5 Å². The zero-order valence-electron chi connectivity index (χ0n) is 14.5. The number of carbonyl (C=O) groups is 1. The van der Waals surface area contributed by atoms with Gasteiger partial charge in [0.2, 0.25) is 0 Å². The summed E-state index contributed by atoms with van der Waals surface area (Å²) in [6.45, 7) is 2.50. The van der Waals surface area contributed by atoms with Crippen LogP contribution in [0.15, 0.2) is 48.6 Å². The summed E-state index contributed by atoms with van der Waals surface area (Å²) in [6, 6.07) is 0. The summed E-state index contributed by atoms with van der Waals surface area (Å²) >= 11 is 0. The van der Waals surface area contributed by atoms with Crippen LogP contribution in [0.3, 0.4) is 0 Å². The van der Waals surface area contributed by atoms with Gasteiger partial charge in [-0.25, -0.2) is 4.79 Å². The van der Waals surface area contributed by atoms with Crippen molar-refractivity contribution in [2.75, 3.05) is 13.2 Å². The molecule has 0 rings (SSSR count). The topological polar surface area (TPSA) is 46.5 Å². The number of carboxylic acids is 1. The van der Waals surface area contributed by atoms with Gasteiger partial charge in [-0.2, -0.15) is 0 Å². The van der Waals surface area contributed by atoms with Gasteiger partial charge in [0.15, 0.2) is 0 Å². The molecule has 0 aliphatic carbocycles. The van der Waals surface area contributed by atoms with Crippen LogP contribution >= 0.6 is 0 Å². The van der Waals surface area contributed by atoms with Crippen molar-refractivity contribution in [3.8, 4) is 0 Å². The van der Waals surface area contributed by atoms with E-state index in [-0.39, 0.29) is 6.61 Å². The fourth-order valence-electron chi connectivity index (χ4n) is 1.90. The second-order valence-electron chi connectivity index (χ2n) is 5.30. The van der Waals surface area contributed by atoms with Gasteiger partial charge in [0.1, 0.15) is 6.61 Å². The quantitative estimate of drug-likeness (QED) is 0.322. The van der Waals surface area contributed by atoms with Crippen LogP contribution in [-0.4, -0.2) is 24.3 Å². The van der Waals surface area contributed by atoms with E-state index in [1.807, 2.05) is 0 Å². The zero-order chi connectivity index (χ0) is 17.0. The molecule has 0 spiro atoms. The first-order chi connectivity index (χ1) is 11.3. The minimum absolute atomic E-state index is 0.184. The highest BCUT2D eigenvalue weighted by atomic mass is 16.5. The molecule has 0 aromatic carbocycles. The first-order valence-corrected chi connectivity index (χ1v) is 8.67. The third kappa shape index (κ3) is 20.4. The van der Waals surface area contributed by atoms with Crippen molar-refractivity contribution in [2.45, 2.75) is 58.3 Å². The molecule has 0 aromatic heterocycles. The first-order valence-electron chi connectivity index (χ1n) is 8.67. The molecule has 0 heterocycles. The van der Waals surface area contributed by atoms with Gasteiger partial charge in [0, 0.05) is 6.61 Å². The molecule has 0 aromatic rings. The maximum absolute atomic E-state index is 10.2. The van der Waals surface area contributed by atoms with Crippen LogP contribution in [0.5, 0.6) is 0 Å². The molecule has 3 nitrogen and oxygen atoms in total. The van der Waals surface area contributed by atoms with E-state index in [1.165, 1.54) is 0 Å². The summed E-state index contributed by atoms with van der Waals surface area (Å²) in [5.74, 6) is -0.898. The molecule has 0 fully saturated rings. The van der Waals surface area contributed by atoms with Gasteiger partial charge in [-0.05, 0) is 44.9 Å². The molecule has 0 aliphatic rings. The summed E-state index contributed by atoms with van der Waals surface area (Å²) in [7, 11) is 0. The van der Waals surface area contributed by atoms with Gasteiger partial charge >= 0.3 is 5.97 Å². The third-order valence-corrected chi connectivity index (χ3v) is 3.10. The highest BCUT2D eigenvalue weighted by Crippen LogP contribution is 2.02. The maximum Gasteiger partial charge on any atom is 0.329 e. The van der Waals surface area contributed by atoms with Crippen LogP contribution in [0, 0.1) is 0 Å². The normalized spacial score (nSPS) is 12.4. The van der Waals surface area contributed by atoms with Crippen molar-refractivity contribution in [1.82, 2.24) is 0 Å². The Morgan fingerprint density at radius 1 is 0.826 bits per heavy atom. The monoisotopic (exact) mass is 320 g/mol. The molecule has 0 radical (unpaired) electrons. The van der Waals surface area contributed by atoms with E-state index in [9.17, 15) is 4.79 Å². The Morgan fingerprint density at radius 2 is 1.39 bits per heavy atom. The van der Waals surface area contributed by atoms with Crippen molar-refractivity contribution in [1.29, 1.82) is 0 Å². The Morgan fingerprint density at radius 3 is 1.96 bits per heavy atom. The summed E-state index contributed by atoms with van der Waals surface area (Å²) in [5, 5.41) is 8.40. The van der Waals surface area contributed by atoms with E-state index < -0.39 is 5.97 Å². The summed E-state index contributed by atoms with van der Waals surface area (Å²) < 4.78 is 4.98. The number of unbranched alkanes of at least 4 members (excludes halogenated alkanes) is 3. The fraction of sp³-hybridized carbons (Fsp3) is 0.550. The molecule has 0 aliphatic heterocycles. The minimum atomic E-state index is -0.898. The lowest BCUT2D eigenvalue weighted by Crippen LogP contribution is -2.07. The van der Waals surface area contributed by atoms with E-state index >= 15 is 0 Å². The standard InChI is InChI=1S/C20H32O3/c1-2-3-4-5-6-7-8-9-10-11-12-13-14-15-16-17-18-23-19-20(21)22/h3-4,6-7,9-10,12-13H,2,5,8,11,14-19H2,1H3,(H,21,22)/b4-3?,7-6?,10-9?,13-12-. The molecule has 0 saturated heterocycles. The first kappa shape index (κ1) is 21.4. The Bertz CT molecular complexity index is 378. The van der Waals surface area contributed by atoms with Gasteiger partial charge in [0.05, 0.1) is 0 Å². The fourth-order valence-corrected chi connectivity index (χ4v) is 1.90. The lowest BCUT2D eigenvalue weighted by atomic mass is 10.2. The van der Waals surface area contributed by atoms with E-state index in [4.69, 9.17) is 9.84 Å². The Kier molecular flexibility index (Phi) is 17.1. The Labute approximate surface area is 141 Å². The van der Waals surface area contributed by atoms with E-state index in [1.54, 1.807) is 0 Å². The largest absolute Gasteiger partial charge is 0.480 e. The van der Waals surface area contributed by atoms with Crippen LogP contribution in [0.25, 0.3) is 0 Å². The third-order valence-electron chi connectivity index (χ3n) is 3.10. The minimum Gasteiger partial charge on any atom is -0.480 e. The molecule has 0 unspecified atom stereocenters. The lowest BCUT2D eigenvalue weighted by molar-refractivity contribution is -0.142. The molecule has 1 N–H and O–H groups in total. The second-order valence-corrected chi connectivity index (χ2v) is 5.30. The van der Waals surface area contributed by atoms with Crippen LogP contribution < -0.4 is 0 Å². The lowest BCUT2D eigenvalue weighted by Gasteiger charge is -1.99. The SMILES string of the molecule is CCC=CCC=CCC=CC/C=C\CCCCCOCC(=O)O. The highest BCUT2D eigenvalue weighted by molar-refractivity contribution is 5.67.